The molecule has 3 nitrogen and oxygen atoms in total. The lowest BCUT2D eigenvalue weighted by Crippen LogP contribution is -2.15. The quantitative estimate of drug-likeness (QED) is 0.869. The molecule has 0 saturated carbocycles. The Bertz CT molecular complexity index is 569. The highest BCUT2D eigenvalue weighted by Crippen LogP contribution is 2.31. The third-order valence-electron chi connectivity index (χ3n) is 3.73. The summed E-state index contributed by atoms with van der Waals surface area (Å²) < 4.78 is 10.7. The Hall–Kier alpha value is -2.00. The third-order valence-corrected chi connectivity index (χ3v) is 3.73. The molecule has 1 unspecified atom stereocenters. The van der Waals surface area contributed by atoms with E-state index >= 15 is 0 Å². The van der Waals surface area contributed by atoms with Gasteiger partial charge in [-0.05, 0) is 48.4 Å². The molecule has 2 aromatic rings. The molecule has 0 spiro atoms. The smallest absolute Gasteiger partial charge is 0.123 e. The van der Waals surface area contributed by atoms with Crippen LogP contribution < -0.4 is 14.8 Å². The molecule has 0 radical (unpaired) electrons. The molecule has 2 aromatic carbocycles. The van der Waals surface area contributed by atoms with E-state index in [9.17, 15) is 0 Å². The predicted molar refractivity (Wildman–Crippen MR) is 87.1 cm³/mol. The van der Waals surface area contributed by atoms with Crippen molar-refractivity contribution >= 4 is 0 Å². The first-order valence-electron chi connectivity index (χ1n) is 7.22. The molecule has 3 heteroatoms. The van der Waals surface area contributed by atoms with E-state index < -0.39 is 0 Å². The summed E-state index contributed by atoms with van der Waals surface area (Å²) in [5.41, 5.74) is 3.55. The monoisotopic (exact) mass is 285 g/mol. The summed E-state index contributed by atoms with van der Waals surface area (Å²) in [6.45, 7) is 2.18. The van der Waals surface area contributed by atoms with Gasteiger partial charge < -0.3 is 14.8 Å². The maximum Gasteiger partial charge on any atom is 0.123 e. The van der Waals surface area contributed by atoms with Gasteiger partial charge in [0.1, 0.15) is 11.5 Å². The van der Waals surface area contributed by atoms with Gasteiger partial charge >= 0.3 is 0 Å². The fourth-order valence-corrected chi connectivity index (χ4v) is 2.52. The van der Waals surface area contributed by atoms with Crippen LogP contribution in [-0.2, 0) is 0 Å². The largest absolute Gasteiger partial charge is 0.497 e. The Morgan fingerprint density at radius 1 is 0.952 bits per heavy atom. The summed E-state index contributed by atoms with van der Waals surface area (Å²) in [5, 5.41) is 3.34. The maximum atomic E-state index is 5.35. The van der Waals surface area contributed by atoms with E-state index in [0.29, 0.717) is 6.04 Å². The number of hydrogen-bond acceptors (Lipinski definition) is 3. The average molecular weight is 285 g/mol. The predicted octanol–water partition coefficient (Wildman–Crippen LogP) is 4.04. The zero-order valence-corrected chi connectivity index (χ0v) is 13.1. The van der Waals surface area contributed by atoms with Crippen molar-refractivity contribution in [2.24, 2.45) is 0 Å². The number of ether oxygens (including phenoxy) is 2. The number of benzene rings is 2. The highest BCUT2D eigenvalue weighted by atomic mass is 16.5. The number of rotatable bonds is 6. The minimum Gasteiger partial charge on any atom is -0.497 e. The van der Waals surface area contributed by atoms with Crippen molar-refractivity contribution in [3.63, 3.8) is 0 Å². The van der Waals surface area contributed by atoms with E-state index in [2.05, 4.69) is 36.5 Å². The Kier molecular flexibility index (Phi) is 5.23. The molecular formula is C18H23NO2. The van der Waals surface area contributed by atoms with Crippen LogP contribution in [0.1, 0.15) is 24.9 Å². The molecular weight excluding hydrogens is 262 g/mol. The van der Waals surface area contributed by atoms with Crippen LogP contribution in [-0.4, -0.2) is 21.3 Å². The van der Waals surface area contributed by atoms with E-state index in [1.54, 1.807) is 14.2 Å². The lowest BCUT2D eigenvalue weighted by Gasteiger charge is -2.16. The molecule has 21 heavy (non-hydrogen) atoms. The van der Waals surface area contributed by atoms with Crippen LogP contribution in [0.2, 0.25) is 0 Å². The van der Waals surface area contributed by atoms with Crippen molar-refractivity contribution in [1.29, 1.82) is 0 Å². The van der Waals surface area contributed by atoms with Crippen LogP contribution in [0.15, 0.2) is 42.5 Å². The van der Waals surface area contributed by atoms with Gasteiger partial charge in [-0.25, -0.2) is 0 Å². The molecule has 0 saturated heterocycles. The molecule has 0 aromatic heterocycles. The summed E-state index contributed by atoms with van der Waals surface area (Å²) in [4.78, 5) is 0. The Morgan fingerprint density at radius 2 is 1.62 bits per heavy atom. The summed E-state index contributed by atoms with van der Waals surface area (Å²) >= 11 is 0. The van der Waals surface area contributed by atoms with Gasteiger partial charge in [0.2, 0.25) is 0 Å². The Balaban J connectivity index is 2.44. The van der Waals surface area contributed by atoms with Crippen LogP contribution in [0, 0.1) is 0 Å². The van der Waals surface area contributed by atoms with Gasteiger partial charge in [0, 0.05) is 12.1 Å². The van der Waals surface area contributed by atoms with Gasteiger partial charge in [-0.1, -0.05) is 25.1 Å². The Morgan fingerprint density at radius 3 is 2.14 bits per heavy atom. The fraction of sp³-hybridized carbons (Fsp3) is 0.333. The SMILES string of the molecule is CCC(NC)c1cccc(-c2cc(OC)cc(OC)c2)c1. The van der Waals surface area contributed by atoms with E-state index in [1.807, 2.05) is 25.2 Å². The molecule has 112 valence electrons. The molecule has 1 atom stereocenters. The van der Waals surface area contributed by atoms with Crippen molar-refractivity contribution in [1.82, 2.24) is 5.32 Å². The molecule has 2 rings (SSSR count). The minimum absolute atomic E-state index is 0.373. The molecule has 0 amide bonds. The number of methoxy groups -OCH3 is 2. The third kappa shape index (κ3) is 3.56. The first-order valence-corrected chi connectivity index (χ1v) is 7.22. The van der Waals surface area contributed by atoms with Crippen molar-refractivity contribution < 1.29 is 9.47 Å². The Labute approximate surface area is 126 Å². The molecule has 0 aliphatic rings. The van der Waals surface area contributed by atoms with Crippen LogP contribution in [0.4, 0.5) is 0 Å². The zero-order chi connectivity index (χ0) is 15.2. The van der Waals surface area contributed by atoms with Crippen molar-refractivity contribution in [3.8, 4) is 22.6 Å². The van der Waals surface area contributed by atoms with Gasteiger partial charge in [-0.2, -0.15) is 0 Å². The van der Waals surface area contributed by atoms with E-state index in [0.717, 1.165) is 23.5 Å². The molecule has 1 N–H and O–H groups in total. The highest BCUT2D eigenvalue weighted by Gasteiger charge is 2.09. The molecule has 0 heterocycles. The lowest BCUT2D eigenvalue weighted by molar-refractivity contribution is 0.394. The van der Waals surface area contributed by atoms with E-state index in [4.69, 9.17) is 9.47 Å². The fourth-order valence-electron chi connectivity index (χ4n) is 2.52. The van der Waals surface area contributed by atoms with E-state index in [1.165, 1.54) is 11.1 Å². The maximum absolute atomic E-state index is 5.35. The van der Waals surface area contributed by atoms with Crippen molar-refractivity contribution in [2.75, 3.05) is 21.3 Å². The molecule has 0 aliphatic heterocycles. The van der Waals surface area contributed by atoms with Crippen molar-refractivity contribution in [2.45, 2.75) is 19.4 Å². The standard InChI is InChI=1S/C18H23NO2/c1-5-18(19-2)14-8-6-7-13(9-14)15-10-16(20-3)12-17(11-15)21-4/h6-12,18-19H,5H2,1-4H3. The van der Waals surface area contributed by atoms with Gasteiger partial charge in [0.15, 0.2) is 0 Å². The van der Waals surface area contributed by atoms with Crippen LogP contribution >= 0.6 is 0 Å². The topological polar surface area (TPSA) is 30.5 Å². The number of nitrogens with one attached hydrogen (secondary N) is 1. The second-order valence-electron chi connectivity index (χ2n) is 4.98. The summed E-state index contributed by atoms with van der Waals surface area (Å²) in [7, 11) is 5.33. The van der Waals surface area contributed by atoms with Gasteiger partial charge in [-0.3, -0.25) is 0 Å². The molecule has 0 aliphatic carbocycles. The summed E-state index contributed by atoms with van der Waals surface area (Å²) in [6, 6.07) is 14.9. The summed E-state index contributed by atoms with van der Waals surface area (Å²) in [6.07, 6.45) is 1.06. The zero-order valence-electron chi connectivity index (χ0n) is 13.1. The first kappa shape index (κ1) is 15.4. The van der Waals surface area contributed by atoms with Crippen LogP contribution in [0.25, 0.3) is 11.1 Å². The second-order valence-corrected chi connectivity index (χ2v) is 4.98. The molecule has 0 fully saturated rings. The van der Waals surface area contributed by atoms with Gasteiger partial charge in [-0.15, -0.1) is 0 Å². The normalized spacial score (nSPS) is 12.0. The summed E-state index contributed by atoms with van der Waals surface area (Å²) in [5.74, 6) is 1.60. The lowest BCUT2D eigenvalue weighted by atomic mass is 9.98. The van der Waals surface area contributed by atoms with Crippen molar-refractivity contribution in [3.05, 3.63) is 48.0 Å². The molecule has 0 bridgehead atoms. The van der Waals surface area contributed by atoms with Crippen LogP contribution in [0.5, 0.6) is 11.5 Å². The first-order chi connectivity index (χ1) is 10.2. The second kappa shape index (κ2) is 7.14. The highest BCUT2D eigenvalue weighted by molar-refractivity contribution is 5.68. The number of hydrogen-bond donors (Lipinski definition) is 1. The van der Waals surface area contributed by atoms with Gasteiger partial charge in [0.05, 0.1) is 14.2 Å². The van der Waals surface area contributed by atoms with Crippen LogP contribution in [0.3, 0.4) is 0 Å². The van der Waals surface area contributed by atoms with E-state index in [-0.39, 0.29) is 0 Å². The average Bonchev–Trinajstić information content (AvgIpc) is 2.55. The van der Waals surface area contributed by atoms with Gasteiger partial charge in [0.25, 0.3) is 0 Å². The minimum atomic E-state index is 0.373.